The molecule has 1 heterocycles. The summed E-state index contributed by atoms with van der Waals surface area (Å²) in [5.41, 5.74) is 3.04. The molecule has 1 N–H and O–H groups in total. The largest absolute Gasteiger partial charge is 0.505 e. The van der Waals surface area contributed by atoms with E-state index in [-0.39, 0.29) is 28.0 Å². The molecule has 0 atom stereocenters. The zero-order valence-electron chi connectivity index (χ0n) is 21.7. The van der Waals surface area contributed by atoms with Crippen molar-refractivity contribution in [3.8, 4) is 22.6 Å². The Morgan fingerprint density at radius 3 is 2.34 bits per heavy atom. The van der Waals surface area contributed by atoms with Gasteiger partial charge in [-0.25, -0.2) is 8.42 Å². The van der Waals surface area contributed by atoms with Gasteiger partial charge >= 0.3 is 0 Å². The molecule has 0 saturated heterocycles. The van der Waals surface area contributed by atoms with Gasteiger partial charge in [0, 0.05) is 47.0 Å². The lowest BCUT2D eigenvalue weighted by molar-refractivity contribution is 0.384. The summed E-state index contributed by atoms with van der Waals surface area (Å²) >= 11 is 25.0. The fourth-order valence-corrected chi connectivity index (χ4v) is 7.32. The van der Waals surface area contributed by atoms with Crippen LogP contribution in [-0.4, -0.2) is 36.1 Å². The highest BCUT2D eigenvalue weighted by Gasteiger charge is 2.30. The summed E-state index contributed by atoms with van der Waals surface area (Å²) in [5.74, 6) is -0.118. The number of sulfonamides is 1. The summed E-state index contributed by atoms with van der Waals surface area (Å²) in [7, 11) is -2.77. The molecule has 0 aliphatic rings. The van der Waals surface area contributed by atoms with E-state index in [9.17, 15) is 13.5 Å². The number of phenolic OH excluding ortho intramolecular Hbond substituents is 1. The molecule has 0 fully saturated rings. The number of halogens is 4. The van der Waals surface area contributed by atoms with Crippen LogP contribution in [0.4, 0.5) is 0 Å². The summed E-state index contributed by atoms with van der Waals surface area (Å²) in [4.78, 5) is -0.384. The number of fused-ring (bicyclic) bond motifs is 1. The SMILES string of the molecule is COc1c(Cl)cc(CN(CCn2ccc3ccccc32)S(=O)(=O)c2cc(Cl)cc(Cl)c2O)cc1-c1ccc(Cl)cc1. The number of rotatable bonds is 9. The average molecular weight is 650 g/mol. The number of ether oxygens (including phenoxy) is 1. The minimum absolute atomic E-state index is 0.0601. The quantitative estimate of drug-likeness (QED) is 0.174. The van der Waals surface area contributed by atoms with Crippen LogP contribution in [0.25, 0.3) is 22.0 Å². The van der Waals surface area contributed by atoms with Gasteiger partial charge in [0.05, 0.1) is 17.2 Å². The zero-order chi connectivity index (χ0) is 29.3. The van der Waals surface area contributed by atoms with E-state index >= 15 is 0 Å². The van der Waals surface area contributed by atoms with Crippen molar-refractivity contribution in [3.05, 3.63) is 111 Å². The number of hydrogen-bond donors (Lipinski definition) is 1. The Morgan fingerprint density at radius 1 is 0.878 bits per heavy atom. The number of aromatic hydroxyl groups is 1. The number of nitrogens with zero attached hydrogens (tertiary/aromatic N) is 2. The minimum atomic E-state index is -4.28. The van der Waals surface area contributed by atoms with Crippen LogP contribution in [0.15, 0.2) is 90.0 Å². The van der Waals surface area contributed by atoms with Crippen molar-refractivity contribution in [2.24, 2.45) is 0 Å². The standard InChI is InChI=1S/C30H24Cl4N2O4S/c1-40-30-24(20-6-8-22(31)9-7-20)14-19(15-26(30)34)18-36(13-12-35-11-10-21-4-2-3-5-27(21)35)41(38,39)28-17-23(32)16-25(33)29(28)37/h2-11,14-17,37H,12-13,18H2,1H3. The molecule has 0 saturated carbocycles. The number of benzene rings is 4. The maximum Gasteiger partial charge on any atom is 0.247 e. The highest BCUT2D eigenvalue weighted by atomic mass is 35.5. The van der Waals surface area contributed by atoms with Crippen LogP contribution in [0.5, 0.6) is 11.5 Å². The molecule has 5 rings (SSSR count). The van der Waals surface area contributed by atoms with Crippen molar-refractivity contribution in [1.82, 2.24) is 8.87 Å². The summed E-state index contributed by atoms with van der Waals surface area (Å²) in [6, 6.07) is 22.9. The van der Waals surface area contributed by atoms with Crippen molar-refractivity contribution >= 4 is 67.3 Å². The monoisotopic (exact) mass is 648 g/mol. The fraction of sp³-hybridized carbons (Fsp3) is 0.133. The van der Waals surface area contributed by atoms with E-state index < -0.39 is 15.8 Å². The molecule has 1 aromatic heterocycles. The van der Waals surface area contributed by atoms with Crippen LogP contribution in [-0.2, 0) is 23.1 Å². The molecule has 212 valence electrons. The number of methoxy groups -OCH3 is 1. The van der Waals surface area contributed by atoms with Crippen molar-refractivity contribution < 1.29 is 18.3 Å². The van der Waals surface area contributed by atoms with Gasteiger partial charge in [-0.3, -0.25) is 0 Å². The van der Waals surface area contributed by atoms with Gasteiger partial charge in [0.2, 0.25) is 10.0 Å². The van der Waals surface area contributed by atoms with E-state index in [1.54, 1.807) is 18.2 Å². The van der Waals surface area contributed by atoms with Crippen LogP contribution >= 0.6 is 46.4 Å². The minimum Gasteiger partial charge on any atom is -0.505 e. The maximum atomic E-state index is 14.1. The lowest BCUT2D eigenvalue weighted by Crippen LogP contribution is -2.33. The first-order valence-corrected chi connectivity index (χ1v) is 15.4. The van der Waals surface area contributed by atoms with E-state index in [4.69, 9.17) is 51.1 Å². The molecule has 4 aromatic carbocycles. The van der Waals surface area contributed by atoms with Crippen LogP contribution in [0, 0.1) is 0 Å². The molecule has 11 heteroatoms. The van der Waals surface area contributed by atoms with Crippen molar-refractivity contribution in [2.45, 2.75) is 18.0 Å². The van der Waals surface area contributed by atoms with E-state index in [2.05, 4.69) is 0 Å². The molecule has 0 radical (unpaired) electrons. The van der Waals surface area contributed by atoms with Crippen LogP contribution < -0.4 is 4.74 Å². The second-order valence-corrected chi connectivity index (χ2v) is 12.9. The predicted octanol–water partition coefficient (Wildman–Crippen LogP) is 8.53. The third-order valence-corrected chi connectivity index (χ3v) is 9.60. The van der Waals surface area contributed by atoms with Gasteiger partial charge in [-0.15, -0.1) is 0 Å². The van der Waals surface area contributed by atoms with E-state index in [1.165, 1.54) is 23.5 Å². The van der Waals surface area contributed by atoms with Gasteiger partial charge < -0.3 is 14.4 Å². The third-order valence-electron chi connectivity index (χ3n) is 6.70. The lowest BCUT2D eigenvalue weighted by Gasteiger charge is -2.24. The van der Waals surface area contributed by atoms with Crippen molar-refractivity contribution in [1.29, 1.82) is 0 Å². The van der Waals surface area contributed by atoms with Crippen molar-refractivity contribution in [3.63, 3.8) is 0 Å². The Hall–Kier alpha value is -2.91. The summed E-state index contributed by atoms with van der Waals surface area (Å²) < 4.78 is 36.9. The Balaban J connectivity index is 1.58. The summed E-state index contributed by atoms with van der Waals surface area (Å²) in [6.07, 6.45) is 1.91. The summed E-state index contributed by atoms with van der Waals surface area (Å²) in [6.45, 7) is 0.357. The molecular weight excluding hydrogens is 626 g/mol. The molecule has 0 aliphatic carbocycles. The van der Waals surface area contributed by atoms with Crippen molar-refractivity contribution in [2.75, 3.05) is 13.7 Å². The van der Waals surface area contributed by atoms with Gasteiger partial charge in [-0.1, -0.05) is 76.7 Å². The molecule has 6 nitrogen and oxygen atoms in total. The van der Waals surface area contributed by atoms with Crippen LogP contribution in [0.3, 0.4) is 0 Å². The Labute approximate surface area is 258 Å². The first-order valence-electron chi connectivity index (χ1n) is 12.4. The molecule has 0 aliphatic heterocycles. The van der Waals surface area contributed by atoms with Gasteiger partial charge in [0.1, 0.15) is 10.6 Å². The van der Waals surface area contributed by atoms with Gasteiger partial charge in [0.15, 0.2) is 5.75 Å². The van der Waals surface area contributed by atoms with Gasteiger partial charge in [-0.2, -0.15) is 4.31 Å². The molecule has 0 amide bonds. The van der Waals surface area contributed by atoms with E-state index in [0.29, 0.717) is 33.5 Å². The topological polar surface area (TPSA) is 71.8 Å². The summed E-state index contributed by atoms with van der Waals surface area (Å²) in [5, 5.41) is 12.5. The molecule has 41 heavy (non-hydrogen) atoms. The Morgan fingerprint density at radius 2 is 1.61 bits per heavy atom. The Bertz CT molecular complexity index is 1840. The van der Waals surface area contributed by atoms with E-state index in [0.717, 1.165) is 16.5 Å². The molecule has 0 bridgehead atoms. The number of hydrogen-bond acceptors (Lipinski definition) is 4. The highest BCUT2D eigenvalue weighted by Crippen LogP contribution is 2.40. The van der Waals surface area contributed by atoms with Gasteiger partial charge in [-0.05, 0) is 65.0 Å². The maximum absolute atomic E-state index is 14.1. The highest BCUT2D eigenvalue weighted by molar-refractivity contribution is 7.89. The van der Waals surface area contributed by atoms with Crippen LogP contribution in [0.2, 0.25) is 20.1 Å². The zero-order valence-corrected chi connectivity index (χ0v) is 25.5. The number of aromatic nitrogens is 1. The predicted molar refractivity (Wildman–Crippen MR) is 166 cm³/mol. The smallest absolute Gasteiger partial charge is 0.247 e. The average Bonchev–Trinajstić information content (AvgIpc) is 3.36. The molecular formula is C30H24Cl4N2O4S. The lowest BCUT2D eigenvalue weighted by atomic mass is 10.0. The fourth-order valence-electron chi connectivity index (χ4n) is 4.71. The number of phenols is 1. The second-order valence-electron chi connectivity index (χ2n) is 9.31. The molecule has 0 unspecified atom stereocenters. The number of para-hydroxylation sites is 1. The normalized spacial score (nSPS) is 11.9. The second kappa shape index (κ2) is 12.1. The molecule has 0 spiro atoms. The Kier molecular flexibility index (Phi) is 8.76. The van der Waals surface area contributed by atoms with E-state index in [1.807, 2.05) is 59.3 Å². The third kappa shape index (κ3) is 6.16. The molecule has 5 aromatic rings. The first kappa shape index (κ1) is 29.6. The first-order chi connectivity index (χ1) is 19.6. The van der Waals surface area contributed by atoms with Crippen LogP contribution in [0.1, 0.15) is 5.56 Å². The van der Waals surface area contributed by atoms with Gasteiger partial charge in [0.25, 0.3) is 0 Å².